The summed E-state index contributed by atoms with van der Waals surface area (Å²) in [6.07, 6.45) is 8.95. The average molecular weight is 228 g/mol. The summed E-state index contributed by atoms with van der Waals surface area (Å²) < 4.78 is 0. The van der Waals surface area contributed by atoms with Crippen molar-refractivity contribution >= 4 is 5.97 Å². The Hall–Kier alpha value is -0.530. The predicted molar refractivity (Wildman–Crippen MR) is 68.6 cm³/mol. The van der Waals surface area contributed by atoms with Gasteiger partial charge in [0, 0.05) is 6.42 Å². The second kappa shape index (κ2) is 9.68. The van der Waals surface area contributed by atoms with E-state index in [0.29, 0.717) is 12.3 Å². The molecule has 0 heterocycles. The number of hydrogen-bond acceptors (Lipinski definition) is 1. The van der Waals surface area contributed by atoms with Crippen LogP contribution in [0.15, 0.2) is 0 Å². The highest BCUT2D eigenvalue weighted by atomic mass is 16.4. The molecule has 16 heavy (non-hydrogen) atoms. The van der Waals surface area contributed by atoms with Crippen LogP contribution in [0.2, 0.25) is 0 Å². The topological polar surface area (TPSA) is 37.3 Å². The highest BCUT2D eigenvalue weighted by Crippen LogP contribution is 2.16. The van der Waals surface area contributed by atoms with Crippen molar-refractivity contribution in [2.24, 2.45) is 11.8 Å². The molecular weight excluding hydrogens is 200 g/mol. The van der Waals surface area contributed by atoms with Gasteiger partial charge in [-0.3, -0.25) is 4.79 Å². The predicted octanol–water partition coefficient (Wildman–Crippen LogP) is 4.48. The zero-order valence-electron chi connectivity index (χ0n) is 11.2. The molecule has 0 spiro atoms. The van der Waals surface area contributed by atoms with E-state index in [-0.39, 0.29) is 0 Å². The van der Waals surface area contributed by atoms with Gasteiger partial charge in [0.2, 0.25) is 0 Å². The lowest BCUT2D eigenvalue weighted by molar-refractivity contribution is -0.137. The molecule has 0 fully saturated rings. The molecule has 0 saturated heterocycles. The van der Waals surface area contributed by atoms with Gasteiger partial charge in [-0.15, -0.1) is 0 Å². The van der Waals surface area contributed by atoms with Gasteiger partial charge in [-0.25, -0.2) is 0 Å². The maximum Gasteiger partial charge on any atom is 0.303 e. The Balaban J connectivity index is 3.21. The SMILES string of the molecule is CC(C)CCCCCCC(C)CCC(=O)O. The summed E-state index contributed by atoms with van der Waals surface area (Å²) in [4.78, 5) is 10.4. The van der Waals surface area contributed by atoms with Gasteiger partial charge < -0.3 is 5.11 Å². The van der Waals surface area contributed by atoms with Crippen molar-refractivity contribution < 1.29 is 9.90 Å². The van der Waals surface area contributed by atoms with Crippen LogP contribution in [-0.2, 0) is 4.79 Å². The van der Waals surface area contributed by atoms with Crippen molar-refractivity contribution in [2.45, 2.75) is 72.1 Å². The van der Waals surface area contributed by atoms with Crippen molar-refractivity contribution in [3.8, 4) is 0 Å². The number of hydrogen-bond donors (Lipinski definition) is 1. The Kier molecular flexibility index (Phi) is 9.36. The van der Waals surface area contributed by atoms with Crippen LogP contribution in [0.4, 0.5) is 0 Å². The number of unbranched alkanes of at least 4 members (excludes halogenated alkanes) is 3. The number of rotatable bonds is 10. The lowest BCUT2D eigenvalue weighted by Crippen LogP contribution is -2.01. The van der Waals surface area contributed by atoms with Gasteiger partial charge in [-0.2, -0.15) is 0 Å². The first-order valence-electron chi connectivity index (χ1n) is 6.74. The van der Waals surface area contributed by atoms with E-state index in [1.165, 1.54) is 38.5 Å². The van der Waals surface area contributed by atoms with E-state index in [2.05, 4.69) is 20.8 Å². The first kappa shape index (κ1) is 15.5. The fourth-order valence-corrected chi connectivity index (χ4v) is 1.91. The fourth-order valence-electron chi connectivity index (χ4n) is 1.91. The van der Waals surface area contributed by atoms with Crippen molar-refractivity contribution in [3.63, 3.8) is 0 Å². The highest BCUT2D eigenvalue weighted by Gasteiger charge is 2.05. The quantitative estimate of drug-likeness (QED) is 0.560. The first-order chi connectivity index (χ1) is 7.52. The lowest BCUT2D eigenvalue weighted by Gasteiger charge is -2.09. The largest absolute Gasteiger partial charge is 0.481 e. The van der Waals surface area contributed by atoms with Crippen LogP contribution in [0, 0.1) is 11.8 Å². The third kappa shape index (κ3) is 11.5. The summed E-state index contributed by atoms with van der Waals surface area (Å²) in [7, 11) is 0. The van der Waals surface area contributed by atoms with Gasteiger partial charge in [0.25, 0.3) is 0 Å². The van der Waals surface area contributed by atoms with Crippen LogP contribution in [0.1, 0.15) is 72.1 Å². The van der Waals surface area contributed by atoms with Crippen LogP contribution in [-0.4, -0.2) is 11.1 Å². The molecule has 0 aliphatic carbocycles. The van der Waals surface area contributed by atoms with E-state index in [1.54, 1.807) is 0 Å². The molecule has 1 unspecified atom stereocenters. The fraction of sp³-hybridized carbons (Fsp3) is 0.929. The summed E-state index contributed by atoms with van der Waals surface area (Å²) in [6, 6.07) is 0. The van der Waals surface area contributed by atoms with E-state index in [4.69, 9.17) is 5.11 Å². The van der Waals surface area contributed by atoms with Gasteiger partial charge in [-0.05, 0) is 18.3 Å². The third-order valence-electron chi connectivity index (χ3n) is 3.08. The van der Waals surface area contributed by atoms with Gasteiger partial charge in [-0.1, -0.05) is 59.3 Å². The van der Waals surface area contributed by atoms with Gasteiger partial charge in [0.1, 0.15) is 0 Å². The van der Waals surface area contributed by atoms with Crippen LogP contribution >= 0.6 is 0 Å². The zero-order chi connectivity index (χ0) is 12.4. The summed E-state index contributed by atoms with van der Waals surface area (Å²) >= 11 is 0. The molecule has 1 atom stereocenters. The second-order valence-corrected chi connectivity index (χ2v) is 5.42. The lowest BCUT2D eigenvalue weighted by atomic mass is 9.97. The molecule has 1 N–H and O–H groups in total. The molecule has 0 aliphatic rings. The van der Waals surface area contributed by atoms with Crippen molar-refractivity contribution in [2.75, 3.05) is 0 Å². The minimum Gasteiger partial charge on any atom is -0.481 e. The molecule has 0 aliphatic heterocycles. The van der Waals surface area contributed by atoms with Crippen LogP contribution in [0.25, 0.3) is 0 Å². The zero-order valence-corrected chi connectivity index (χ0v) is 11.2. The highest BCUT2D eigenvalue weighted by molar-refractivity contribution is 5.66. The Morgan fingerprint density at radius 1 is 0.938 bits per heavy atom. The van der Waals surface area contributed by atoms with Crippen molar-refractivity contribution in [1.82, 2.24) is 0 Å². The molecule has 0 bridgehead atoms. The van der Waals surface area contributed by atoms with E-state index >= 15 is 0 Å². The Bertz CT molecular complexity index is 176. The Morgan fingerprint density at radius 3 is 2.00 bits per heavy atom. The molecule has 0 saturated carbocycles. The minimum absolute atomic E-state index is 0.328. The standard InChI is InChI=1S/C14H28O2/c1-12(2)8-6-4-5-7-9-13(3)10-11-14(15)16/h12-13H,4-11H2,1-3H3,(H,15,16). The molecule has 2 heteroatoms. The van der Waals surface area contributed by atoms with Crippen LogP contribution in [0.5, 0.6) is 0 Å². The summed E-state index contributed by atoms with van der Waals surface area (Å²) in [5, 5.41) is 8.56. The monoisotopic (exact) mass is 228 g/mol. The molecule has 0 rings (SSSR count). The number of aliphatic carboxylic acids is 1. The van der Waals surface area contributed by atoms with Crippen LogP contribution in [0.3, 0.4) is 0 Å². The molecular formula is C14H28O2. The molecule has 0 aromatic heterocycles. The van der Waals surface area contributed by atoms with Crippen molar-refractivity contribution in [1.29, 1.82) is 0 Å². The number of carboxylic acids is 1. The van der Waals surface area contributed by atoms with E-state index in [1.807, 2.05) is 0 Å². The summed E-state index contributed by atoms with van der Waals surface area (Å²) in [5.74, 6) is 0.736. The molecule has 0 aromatic rings. The van der Waals surface area contributed by atoms with Gasteiger partial charge in [0.15, 0.2) is 0 Å². The number of carbonyl (C=O) groups is 1. The van der Waals surface area contributed by atoms with E-state index in [9.17, 15) is 4.79 Å². The maximum atomic E-state index is 10.4. The molecule has 96 valence electrons. The maximum absolute atomic E-state index is 10.4. The smallest absolute Gasteiger partial charge is 0.303 e. The van der Waals surface area contributed by atoms with Crippen LogP contribution < -0.4 is 0 Å². The normalized spacial score (nSPS) is 13.0. The van der Waals surface area contributed by atoms with E-state index in [0.717, 1.165) is 12.3 Å². The summed E-state index contributed by atoms with van der Waals surface area (Å²) in [5.41, 5.74) is 0. The third-order valence-corrected chi connectivity index (χ3v) is 3.08. The minimum atomic E-state index is -0.663. The van der Waals surface area contributed by atoms with E-state index < -0.39 is 5.97 Å². The molecule has 0 amide bonds. The second-order valence-electron chi connectivity index (χ2n) is 5.42. The van der Waals surface area contributed by atoms with Crippen molar-refractivity contribution in [3.05, 3.63) is 0 Å². The Labute approximate surface area is 100 Å². The average Bonchev–Trinajstić information content (AvgIpc) is 2.19. The Morgan fingerprint density at radius 2 is 1.50 bits per heavy atom. The first-order valence-corrected chi connectivity index (χ1v) is 6.74. The summed E-state index contributed by atoms with van der Waals surface area (Å²) in [6.45, 7) is 6.71. The molecule has 2 nitrogen and oxygen atoms in total. The molecule has 0 radical (unpaired) electrons. The number of carboxylic acid groups (broad SMARTS) is 1. The van der Waals surface area contributed by atoms with Gasteiger partial charge in [0.05, 0.1) is 0 Å². The van der Waals surface area contributed by atoms with Gasteiger partial charge >= 0.3 is 5.97 Å². The molecule has 0 aromatic carbocycles.